The monoisotopic (exact) mass is 208 g/mol. The third kappa shape index (κ3) is 7.73. The Morgan fingerprint density at radius 1 is 1.38 bits per heavy atom. The standard InChI is InChI=1S/C7H16N2O3S/c1-2-4-13(11,12)5-3-9-6-7(8)10/h9H,2-6H2,1H3,(H2,8,10). The van der Waals surface area contributed by atoms with Crippen molar-refractivity contribution in [1.29, 1.82) is 0 Å². The van der Waals surface area contributed by atoms with E-state index in [-0.39, 0.29) is 24.6 Å². The molecule has 0 aliphatic heterocycles. The lowest BCUT2D eigenvalue weighted by atomic mass is 10.6. The van der Waals surface area contributed by atoms with Crippen molar-refractivity contribution in [3.05, 3.63) is 0 Å². The molecule has 13 heavy (non-hydrogen) atoms. The first kappa shape index (κ1) is 12.4. The molecule has 0 radical (unpaired) electrons. The highest BCUT2D eigenvalue weighted by Gasteiger charge is 2.08. The van der Waals surface area contributed by atoms with E-state index in [1.54, 1.807) is 0 Å². The zero-order valence-corrected chi connectivity index (χ0v) is 8.56. The molecule has 5 nitrogen and oxygen atoms in total. The molecule has 0 fully saturated rings. The van der Waals surface area contributed by atoms with Gasteiger partial charge in [0.2, 0.25) is 5.91 Å². The summed E-state index contributed by atoms with van der Waals surface area (Å²) in [4.78, 5) is 10.3. The summed E-state index contributed by atoms with van der Waals surface area (Å²) in [5.41, 5.74) is 4.85. The highest BCUT2D eigenvalue weighted by atomic mass is 32.2. The predicted octanol–water partition coefficient (Wildman–Crippen LogP) is -1.11. The van der Waals surface area contributed by atoms with Gasteiger partial charge in [0, 0.05) is 12.3 Å². The van der Waals surface area contributed by atoms with Gasteiger partial charge in [-0.25, -0.2) is 8.42 Å². The van der Waals surface area contributed by atoms with Crippen LogP contribution in [0.25, 0.3) is 0 Å². The Balaban J connectivity index is 3.58. The van der Waals surface area contributed by atoms with Crippen LogP contribution in [0.2, 0.25) is 0 Å². The summed E-state index contributed by atoms with van der Waals surface area (Å²) in [6, 6.07) is 0. The lowest BCUT2D eigenvalue weighted by molar-refractivity contribution is -0.117. The zero-order valence-electron chi connectivity index (χ0n) is 7.75. The minimum Gasteiger partial charge on any atom is -0.369 e. The largest absolute Gasteiger partial charge is 0.369 e. The van der Waals surface area contributed by atoms with E-state index in [2.05, 4.69) is 5.32 Å². The first-order chi connectivity index (χ1) is 5.98. The number of hydrogen-bond donors (Lipinski definition) is 2. The molecule has 0 spiro atoms. The molecular formula is C7H16N2O3S. The van der Waals surface area contributed by atoms with E-state index >= 15 is 0 Å². The van der Waals surface area contributed by atoms with Crippen LogP contribution in [0.3, 0.4) is 0 Å². The molecule has 0 bridgehead atoms. The van der Waals surface area contributed by atoms with Gasteiger partial charge in [-0.1, -0.05) is 6.92 Å². The molecule has 0 atom stereocenters. The molecule has 6 heteroatoms. The van der Waals surface area contributed by atoms with Gasteiger partial charge in [0.15, 0.2) is 9.84 Å². The number of primary amides is 1. The number of carbonyl (C=O) groups excluding carboxylic acids is 1. The Kier molecular flexibility index (Phi) is 5.65. The maximum atomic E-state index is 11.1. The van der Waals surface area contributed by atoms with E-state index in [9.17, 15) is 13.2 Å². The summed E-state index contributed by atoms with van der Waals surface area (Å²) in [6.45, 7) is 2.13. The first-order valence-corrected chi connectivity index (χ1v) is 5.99. The Morgan fingerprint density at radius 3 is 2.46 bits per heavy atom. The fourth-order valence-corrected chi connectivity index (χ4v) is 2.13. The molecule has 1 amide bonds. The Morgan fingerprint density at radius 2 is 2.00 bits per heavy atom. The average molecular weight is 208 g/mol. The van der Waals surface area contributed by atoms with Crippen molar-refractivity contribution in [3.8, 4) is 0 Å². The minimum absolute atomic E-state index is 0.0294. The summed E-state index contributed by atoms with van der Waals surface area (Å²) < 4.78 is 22.2. The van der Waals surface area contributed by atoms with Crippen molar-refractivity contribution in [1.82, 2.24) is 5.32 Å². The molecule has 0 aromatic rings. The topological polar surface area (TPSA) is 89.3 Å². The van der Waals surface area contributed by atoms with Gasteiger partial charge in [-0.2, -0.15) is 0 Å². The van der Waals surface area contributed by atoms with Crippen molar-refractivity contribution in [2.45, 2.75) is 13.3 Å². The van der Waals surface area contributed by atoms with Crippen molar-refractivity contribution in [2.75, 3.05) is 24.6 Å². The van der Waals surface area contributed by atoms with Crippen LogP contribution in [0.15, 0.2) is 0 Å². The molecule has 0 saturated carbocycles. The summed E-state index contributed by atoms with van der Waals surface area (Å²) in [7, 11) is -2.94. The molecule has 0 rings (SSSR count). The lowest BCUT2D eigenvalue weighted by Gasteiger charge is -2.02. The van der Waals surface area contributed by atoms with Gasteiger partial charge >= 0.3 is 0 Å². The highest BCUT2D eigenvalue weighted by Crippen LogP contribution is 1.91. The quantitative estimate of drug-likeness (QED) is 0.519. The van der Waals surface area contributed by atoms with E-state index in [1.807, 2.05) is 6.92 Å². The third-order valence-electron chi connectivity index (χ3n) is 1.40. The van der Waals surface area contributed by atoms with Gasteiger partial charge in [0.1, 0.15) is 0 Å². The van der Waals surface area contributed by atoms with E-state index in [0.29, 0.717) is 6.42 Å². The predicted molar refractivity (Wildman–Crippen MR) is 51.0 cm³/mol. The number of nitrogens with one attached hydrogen (secondary N) is 1. The highest BCUT2D eigenvalue weighted by molar-refractivity contribution is 7.91. The molecule has 0 aliphatic carbocycles. The molecule has 3 N–H and O–H groups in total. The van der Waals surface area contributed by atoms with Crippen LogP contribution in [-0.2, 0) is 14.6 Å². The van der Waals surface area contributed by atoms with E-state index in [4.69, 9.17) is 5.73 Å². The average Bonchev–Trinajstić information content (AvgIpc) is 1.98. The molecule has 0 heterocycles. The van der Waals surface area contributed by atoms with E-state index < -0.39 is 15.7 Å². The zero-order chi connectivity index (χ0) is 10.3. The number of sulfone groups is 1. The maximum Gasteiger partial charge on any atom is 0.231 e. The summed E-state index contributed by atoms with van der Waals surface area (Å²) in [5.74, 6) is -0.216. The van der Waals surface area contributed by atoms with Gasteiger partial charge in [0.05, 0.1) is 12.3 Å². The lowest BCUT2D eigenvalue weighted by Crippen LogP contribution is -2.32. The van der Waals surface area contributed by atoms with Gasteiger partial charge in [-0.05, 0) is 6.42 Å². The van der Waals surface area contributed by atoms with Crippen molar-refractivity contribution >= 4 is 15.7 Å². The smallest absolute Gasteiger partial charge is 0.231 e. The summed E-state index contributed by atoms with van der Waals surface area (Å²) in [5, 5.41) is 2.65. The molecule has 0 aliphatic rings. The van der Waals surface area contributed by atoms with Gasteiger partial charge in [0.25, 0.3) is 0 Å². The van der Waals surface area contributed by atoms with Crippen molar-refractivity contribution < 1.29 is 13.2 Å². The first-order valence-electron chi connectivity index (χ1n) is 4.17. The second-order valence-electron chi connectivity index (χ2n) is 2.79. The van der Waals surface area contributed by atoms with E-state index in [0.717, 1.165) is 0 Å². The van der Waals surface area contributed by atoms with Crippen molar-refractivity contribution in [3.63, 3.8) is 0 Å². The second kappa shape index (κ2) is 5.93. The van der Waals surface area contributed by atoms with Crippen LogP contribution in [-0.4, -0.2) is 38.9 Å². The van der Waals surface area contributed by atoms with Crippen LogP contribution in [0.1, 0.15) is 13.3 Å². The Hall–Kier alpha value is -0.620. The Bertz CT molecular complexity index is 248. The fraction of sp³-hybridized carbons (Fsp3) is 0.857. The minimum atomic E-state index is -2.94. The number of rotatable bonds is 7. The van der Waals surface area contributed by atoms with Gasteiger partial charge in [-0.15, -0.1) is 0 Å². The Labute approximate surface area is 78.6 Å². The van der Waals surface area contributed by atoms with E-state index in [1.165, 1.54) is 0 Å². The number of nitrogens with two attached hydrogens (primary N) is 1. The number of carbonyl (C=O) groups is 1. The normalized spacial score (nSPS) is 11.5. The summed E-state index contributed by atoms with van der Waals surface area (Å²) >= 11 is 0. The number of amides is 1. The fourth-order valence-electron chi connectivity index (χ4n) is 0.852. The second-order valence-corrected chi connectivity index (χ2v) is 5.10. The maximum absolute atomic E-state index is 11.1. The van der Waals surface area contributed by atoms with Gasteiger partial charge in [-0.3, -0.25) is 4.79 Å². The molecule has 0 aromatic carbocycles. The SMILES string of the molecule is CCCS(=O)(=O)CCNCC(N)=O. The van der Waals surface area contributed by atoms with Crippen LogP contribution in [0, 0.1) is 0 Å². The molecule has 0 unspecified atom stereocenters. The van der Waals surface area contributed by atoms with Crippen molar-refractivity contribution in [2.24, 2.45) is 5.73 Å². The van der Waals surface area contributed by atoms with Crippen LogP contribution >= 0.6 is 0 Å². The third-order valence-corrected chi connectivity index (χ3v) is 3.26. The molecule has 0 saturated heterocycles. The molecule has 78 valence electrons. The molecular weight excluding hydrogens is 192 g/mol. The van der Waals surface area contributed by atoms with Crippen LogP contribution in [0.5, 0.6) is 0 Å². The number of hydrogen-bond acceptors (Lipinski definition) is 4. The summed E-state index contributed by atoms with van der Waals surface area (Å²) in [6.07, 6.45) is 0.623. The van der Waals surface area contributed by atoms with Crippen LogP contribution in [0.4, 0.5) is 0 Å². The van der Waals surface area contributed by atoms with Crippen LogP contribution < -0.4 is 11.1 Å². The van der Waals surface area contributed by atoms with Gasteiger partial charge < -0.3 is 11.1 Å². The molecule has 0 aromatic heterocycles.